The first kappa shape index (κ1) is 10.2. The Morgan fingerprint density at radius 3 is 2.67 bits per heavy atom. The largest absolute Gasteiger partial charge is 0.272 e. The lowest BCUT2D eigenvalue weighted by Gasteiger charge is -2.36. The fraction of sp³-hybridized carbons (Fsp3) is 0.417. The number of hydrogen-bond donors (Lipinski definition) is 0. The Kier molecular flexibility index (Phi) is 2.27. The van der Waals surface area contributed by atoms with Crippen molar-refractivity contribution in [3.8, 4) is 0 Å². The van der Waals surface area contributed by atoms with E-state index in [9.17, 15) is 4.79 Å². The number of amides is 1. The Morgan fingerprint density at radius 2 is 2.00 bits per heavy atom. The van der Waals surface area contributed by atoms with Gasteiger partial charge in [0.2, 0.25) is 0 Å². The number of para-hydroxylation sites is 1. The van der Waals surface area contributed by atoms with Crippen LogP contribution < -0.4 is 5.06 Å². The van der Waals surface area contributed by atoms with E-state index in [-0.39, 0.29) is 11.3 Å². The molecule has 0 fully saturated rings. The summed E-state index contributed by atoms with van der Waals surface area (Å²) in [6.07, 6.45) is 0.766. The number of rotatable bonds is 1. The highest BCUT2D eigenvalue weighted by atomic mass is 16.7. The van der Waals surface area contributed by atoms with Crippen LogP contribution in [0.5, 0.6) is 0 Å². The Labute approximate surface area is 89.6 Å². The molecule has 2 rings (SSSR count). The SMILES string of the molecule is CON1C(=O)C(C)(C)Cc2ccccc21. The number of anilines is 1. The lowest BCUT2D eigenvalue weighted by atomic mass is 9.81. The zero-order chi connectivity index (χ0) is 11.1. The molecule has 0 saturated carbocycles. The Balaban J connectivity index is 2.53. The van der Waals surface area contributed by atoms with E-state index < -0.39 is 0 Å². The maximum Gasteiger partial charge on any atom is 0.256 e. The van der Waals surface area contributed by atoms with Gasteiger partial charge in [0.1, 0.15) is 0 Å². The molecule has 80 valence electrons. The molecular formula is C12H15NO2. The lowest BCUT2D eigenvalue weighted by molar-refractivity contribution is -0.134. The number of benzene rings is 1. The van der Waals surface area contributed by atoms with Gasteiger partial charge < -0.3 is 0 Å². The second-order valence-corrected chi connectivity index (χ2v) is 4.47. The number of carbonyl (C=O) groups excluding carboxylic acids is 1. The van der Waals surface area contributed by atoms with Crippen molar-refractivity contribution in [1.29, 1.82) is 0 Å². The third kappa shape index (κ3) is 1.53. The molecule has 3 nitrogen and oxygen atoms in total. The van der Waals surface area contributed by atoms with Gasteiger partial charge in [-0.2, -0.15) is 5.06 Å². The fourth-order valence-corrected chi connectivity index (χ4v) is 1.98. The van der Waals surface area contributed by atoms with Crippen LogP contribution >= 0.6 is 0 Å². The van der Waals surface area contributed by atoms with Crippen molar-refractivity contribution < 1.29 is 9.63 Å². The van der Waals surface area contributed by atoms with E-state index in [1.54, 1.807) is 0 Å². The summed E-state index contributed by atoms with van der Waals surface area (Å²) >= 11 is 0. The number of nitrogens with zero attached hydrogens (tertiary/aromatic N) is 1. The van der Waals surface area contributed by atoms with Gasteiger partial charge in [0.15, 0.2) is 0 Å². The maximum absolute atomic E-state index is 12.0. The second-order valence-electron chi connectivity index (χ2n) is 4.47. The molecule has 1 aliphatic rings. The minimum atomic E-state index is -0.385. The Bertz CT molecular complexity index is 398. The Hall–Kier alpha value is -1.35. The van der Waals surface area contributed by atoms with Crippen LogP contribution in [0.15, 0.2) is 24.3 Å². The molecule has 0 aliphatic carbocycles. The summed E-state index contributed by atoms with van der Waals surface area (Å²) in [5, 5.41) is 1.39. The molecule has 1 aromatic carbocycles. The molecule has 0 spiro atoms. The van der Waals surface area contributed by atoms with Crippen LogP contribution in [0.2, 0.25) is 0 Å². The van der Waals surface area contributed by atoms with Crippen molar-refractivity contribution in [2.45, 2.75) is 20.3 Å². The molecule has 0 radical (unpaired) electrons. The van der Waals surface area contributed by atoms with Crippen molar-refractivity contribution in [2.24, 2.45) is 5.41 Å². The first-order valence-corrected chi connectivity index (χ1v) is 5.03. The van der Waals surface area contributed by atoms with Gasteiger partial charge in [-0.25, -0.2) is 0 Å². The maximum atomic E-state index is 12.0. The highest BCUT2D eigenvalue weighted by Crippen LogP contribution is 2.36. The molecule has 0 saturated heterocycles. The van der Waals surface area contributed by atoms with E-state index in [0.29, 0.717) is 0 Å². The van der Waals surface area contributed by atoms with Crippen LogP contribution in [0, 0.1) is 5.41 Å². The topological polar surface area (TPSA) is 29.5 Å². The molecule has 15 heavy (non-hydrogen) atoms. The number of fused-ring (bicyclic) bond motifs is 1. The summed E-state index contributed by atoms with van der Waals surface area (Å²) in [6.45, 7) is 3.88. The molecule has 0 N–H and O–H groups in total. The van der Waals surface area contributed by atoms with Gasteiger partial charge >= 0.3 is 0 Å². The van der Waals surface area contributed by atoms with Crippen LogP contribution in [-0.4, -0.2) is 13.0 Å². The molecule has 1 amide bonds. The summed E-state index contributed by atoms with van der Waals surface area (Å²) in [5.74, 6) is 0.0173. The van der Waals surface area contributed by atoms with Crippen molar-refractivity contribution >= 4 is 11.6 Å². The average molecular weight is 205 g/mol. The highest BCUT2D eigenvalue weighted by Gasteiger charge is 2.39. The van der Waals surface area contributed by atoms with E-state index in [1.165, 1.54) is 12.2 Å². The van der Waals surface area contributed by atoms with Crippen LogP contribution in [0.3, 0.4) is 0 Å². The van der Waals surface area contributed by atoms with E-state index in [0.717, 1.165) is 17.7 Å². The zero-order valence-electron chi connectivity index (χ0n) is 9.28. The minimum Gasteiger partial charge on any atom is -0.272 e. The monoisotopic (exact) mass is 205 g/mol. The van der Waals surface area contributed by atoms with E-state index in [4.69, 9.17) is 4.84 Å². The molecule has 1 aromatic rings. The predicted octanol–water partition coefficient (Wildman–Crippen LogP) is 2.16. The van der Waals surface area contributed by atoms with Gasteiger partial charge in [0.25, 0.3) is 5.91 Å². The van der Waals surface area contributed by atoms with E-state index in [1.807, 2.05) is 38.1 Å². The predicted molar refractivity (Wildman–Crippen MR) is 58.4 cm³/mol. The minimum absolute atomic E-state index is 0.0173. The number of carbonyl (C=O) groups is 1. The van der Waals surface area contributed by atoms with Gasteiger partial charge in [-0.1, -0.05) is 32.0 Å². The fourth-order valence-electron chi connectivity index (χ4n) is 1.98. The van der Waals surface area contributed by atoms with Crippen LogP contribution in [0.4, 0.5) is 5.69 Å². The highest BCUT2D eigenvalue weighted by molar-refractivity contribution is 5.98. The van der Waals surface area contributed by atoms with Crippen molar-refractivity contribution in [3.63, 3.8) is 0 Å². The summed E-state index contributed by atoms with van der Waals surface area (Å²) in [6, 6.07) is 7.84. The van der Waals surface area contributed by atoms with Crippen LogP contribution in [-0.2, 0) is 16.1 Å². The zero-order valence-corrected chi connectivity index (χ0v) is 9.28. The third-order valence-corrected chi connectivity index (χ3v) is 2.79. The molecular weight excluding hydrogens is 190 g/mol. The molecule has 0 unspecified atom stereocenters. The lowest BCUT2D eigenvalue weighted by Crippen LogP contribution is -2.45. The summed E-state index contributed by atoms with van der Waals surface area (Å²) < 4.78 is 0. The summed E-state index contributed by atoms with van der Waals surface area (Å²) in [7, 11) is 1.52. The first-order chi connectivity index (χ1) is 7.06. The van der Waals surface area contributed by atoms with Gasteiger partial charge in [-0.15, -0.1) is 0 Å². The van der Waals surface area contributed by atoms with E-state index >= 15 is 0 Å². The average Bonchev–Trinajstić information content (AvgIpc) is 2.19. The molecule has 0 aromatic heterocycles. The van der Waals surface area contributed by atoms with Crippen molar-refractivity contribution in [2.75, 3.05) is 12.2 Å². The van der Waals surface area contributed by atoms with E-state index in [2.05, 4.69) is 0 Å². The first-order valence-electron chi connectivity index (χ1n) is 5.03. The summed E-state index contributed by atoms with van der Waals surface area (Å²) in [4.78, 5) is 17.2. The van der Waals surface area contributed by atoms with Crippen molar-refractivity contribution in [3.05, 3.63) is 29.8 Å². The van der Waals surface area contributed by atoms with Gasteiger partial charge in [0, 0.05) is 0 Å². The van der Waals surface area contributed by atoms with Gasteiger partial charge in [-0.3, -0.25) is 9.63 Å². The molecule has 3 heteroatoms. The quantitative estimate of drug-likeness (QED) is 0.703. The van der Waals surface area contributed by atoms with Crippen LogP contribution in [0.1, 0.15) is 19.4 Å². The molecule has 0 bridgehead atoms. The van der Waals surface area contributed by atoms with Crippen molar-refractivity contribution in [1.82, 2.24) is 0 Å². The second kappa shape index (κ2) is 3.35. The number of hydrogen-bond acceptors (Lipinski definition) is 2. The number of hydroxylamine groups is 1. The van der Waals surface area contributed by atoms with Crippen LogP contribution in [0.25, 0.3) is 0 Å². The standard InChI is InChI=1S/C12H15NO2/c1-12(2)8-9-6-4-5-7-10(9)13(15-3)11(12)14/h4-7H,8H2,1-3H3. The molecule has 1 heterocycles. The normalized spacial score (nSPS) is 18.9. The smallest absolute Gasteiger partial charge is 0.256 e. The Morgan fingerprint density at radius 1 is 1.33 bits per heavy atom. The molecule has 0 atom stereocenters. The van der Waals surface area contributed by atoms with Gasteiger partial charge in [0.05, 0.1) is 18.2 Å². The molecule has 1 aliphatic heterocycles. The van der Waals surface area contributed by atoms with Gasteiger partial charge in [-0.05, 0) is 18.1 Å². The summed E-state index contributed by atoms with van der Waals surface area (Å²) in [5.41, 5.74) is 1.64. The third-order valence-electron chi connectivity index (χ3n) is 2.79.